The molecule has 3 aromatic carbocycles. The number of hydrogen-bond acceptors (Lipinski definition) is 8. The first kappa shape index (κ1) is 38.8. The number of nitrogens with zero attached hydrogens (tertiary/aromatic N) is 6. The van der Waals surface area contributed by atoms with Crippen molar-refractivity contribution in [2.45, 2.75) is 102 Å². The Kier molecular flexibility index (Phi) is 10.7. The quantitative estimate of drug-likeness (QED) is 0.177. The highest BCUT2D eigenvalue weighted by Crippen LogP contribution is 2.60. The van der Waals surface area contributed by atoms with E-state index in [1.54, 1.807) is 11.8 Å². The van der Waals surface area contributed by atoms with Crippen LogP contribution in [0.15, 0.2) is 72.9 Å². The maximum absolute atomic E-state index is 15.5. The third-order valence-corrected chi connectivity index (χ3v) is 13.0. The SMILES string of the molecule is COc1ccc(C(C)(C)[C@@H]2[C@@H](CCn3cc(CCO)nn3)O[C@]3(C(=O)N(Cc4ccc(N5CCCCC5=O)cc4)c4ccc(N5CCCCC5=O)cc43)[C@H]2C)cc1. The number of rotatable bonds is 12. The molecule has 0 aliphatic carbocycles. The Balaban J connectivity index is 1.19. The number of benzene rings is 3. The Morgan fingerprint density at radius 1 is 0.895 bits per heavy atom. The van der Waals surface area contributed by atoms with Crippen LogP contribution in [-0.4, -0.2) is 70.7 Å². The number of ether oxygens (including phenoxy) is 2. The predicted octanol–water partition coefficient (Wildman–Crippen LogP) is 6.32. The van der Waals surface area contributed by atoms with Crippen LogP contribution in [0.25, 0.3) is 0 Å². The van der Waals surface area contributed by atoms with Gasteiger partial charge in [-0.1, -0.05) is 50.3 Å². The normalized spacial score (nSPS) is 23.8. The third-order valence-electron chi connectivity index (χ3n) is 13.0. The summed E-state index contributed by atoms with van der Waals surface area (Å²) in [6.45, 7) is 8.80. The molecule has 4 aliphatic rings. The third kappa shape index (κ3) is 7.01. The first-order valence-electron chi connectivity index (χ1n) is 20.5. The molecule has 0 radical (unpaired) electrons. The molecular formula is C45H54N6O6. The van der Waals surface area contributed by atoms with E-state index in [4.69, 9.17) is 9.47 Å². The number of hydrogen-bond donors (Lipinski definition) is 1. The van der Waals surface area contributed by atoms with Gasteiger partial charge >= 0.3 is 0 Å². The van der Waals surface area contributed by atoms with E-state index in [1.807, 2.05) is 75.5 Å². The van der Waals surface area contributed by atoms with Gasteiger partial charge in [0.05, 0.1) is 31.1 Å². The van der Waals surface area contributed by atoms with Gasteiger partial charge in [-0.3, -0.25) is 19.1 Å². The van der Waals surface area contributed by atoms with E-state index in [0.29, 0.717) is 51.9 Å². The maximum atomic E-state index is 15.5. The van der Waals surface area contributed by atoms with Crippen LogP contribution in [0.5, 0.6) is 5.75 Å². The van der Waals surface area contributed by atoms with Crippen molar-refractivity contribution in [1.82, 2.24) is 15.0 Å². The Morgan fingerprint density at radius 3 is 2.21 bits per heavy atom. The standard InChI is InChI=1S/C45H54N6O6/c1-30-42(44(2,3)32-13-18-36(56-4)19-14-32)39(21-25-48-29-33(22-26-52)46-47-48)57-45(30)37-27-35(50-24-8-6-10-41(50)54)17-20-38(37)51(43(45)55)28-31-11-15-34(16-12-31)49-23-7-5-9-40(49)53/h11-20,27,29-30,39,42,52H,5-10,21-26,28H2,1-4H3/t30-,39+,42-,45+/m0/s1. The number of methoxy groups -OCH3 is 1. The highest BCUT2D eigenvalue weighted by molar-refractivity contribution is 6.08. The van der Waals surface area contributed by atoms with Crippen LogP contribution >= 0.6 is 0 Å². The average molecular weight is 775 g/mol. The summed E-state index contributed by atoms with van der Waals surface area (Å²) in [6, 6.07) is 22.1. The van der Waals surface area contributed by atoms with Gasteiger partial charge in [0.1, 0.15) is 5.75 Å². The summed E-state index contributed by atoms with van der Waals surface area (Å²) in [4.78, 5) is 47.0. The van der Waals surface area contributed by atoms with Crippen molar-refractivity contribution in [2.24, 2.45) is 11.8 Å². The van der Waals surface area contributed by atoms with Gasteiger partial charge in [-0.15, -0.1) is 5.10 Å². The lowest BCUT2D eigenvalue weighted by Gasteiger charge is -2.39. The van der Waals surface area contributed by atoms with E-state index in [1.165, 1.54) is 0 Å². The zero-order valence-electron chi connectivity index (χ0n) is 33.5. The molecule has 0 unspecified atom stereocenters. The zero-order chi connectivity index (χ0) is 39.9. The Labute approximate surface area is 334 Å². The minimum Gasteiger partial charge on any atom is -0.497 e. The number of fused-ring (bicyclic) bond motifs is 2. The topological polar surface area (TPSA) is 130 Å². The van der Waals surface area contributed by atoms with Crippen molar-refractivity contribution in [3.8, 4) is 5.75 Å². The van der Waals surface area contributed by atoms with E-state index in [-0.39, 0.29) is 42.3 Å². The van der Waals surface area contributed by atoms with E-state index in [0.717, 1.165) is 70.9 Å². The van der Waals surface area contributed by atoms with Crippen molar-refractivity contribution in [3.63, 3.8) is 0 Å². The first-order valence-corrected chi connectivity index (χ1v) is 20.5. The summed E-state index contributed by atoms with van der Waals surface area (Å²) in [5.41, 5.74) is 4.23. The highest BCUT2D eigenvalue weighted by atomic mass is 16.5. The molecule has 300 valence electrons. The summed E-state index contributed by atoms with van der Waals surface area (Å²) in [5, 5.41) is 18.1. The van der Waals surface area contributed by atoms with Crippen molar-refractivity contribution < 1.29 is 29.0 Å². The number of aliphatic hydroxyl groups is 1. The van der Waals surface area contributed by atoms with Crippen LogP contribution in [-0.2, 0) is 49.6 Å². The highest BCUT2D eigenvalue weighted by Gasteiger charge is 2.66. The Morgan fingerprint density at radius 2 is 1.56 bits per heavy atom. The summed E-state index contributed by atoms with van der Waals surface area (Å²) in [5.74, 6) is 0.487. The van der Waals surface area contributed by atoms with Crippen molar-refractivity contribution in [1.29, 1.82) is 0 Å². The van der Waals surface area contributed by atoms with E-state index in [2.05, 4.69) is 43.2 Å². The van der Waals surface area contributed by atoms with Gasteiger partial charge in [0.2, 0.25) is 11.8 Å². The van der Waals surface area contributed by atoms with Gasteiger partial charge in [-0.2, -0.15) is 0 Å². The number of aryl methyl sites for hydroxylation is 1. The molecular weight excluding hydrogens is 721 g/mol. The van der Waals surface area contributed by atoms with Crippen LogP contribution in [0.1, 0.15) is 88.1 Å². The number of piperidine rings is 2. The summed E-state index contributed by atoms with van der Waals surface area (Å²) in [6.07, 6.45) is 7.27. The summed E-state index contributed by atoms with van der Waals surface area (Å²) < 4.78 is 14.7. The van der Waals surface area contributed by atoms with Gasteiger partial charge in [0, 0.05) is 80.5 Å². The second kappa shape index (κ2) is 15.7. The van der Waals surface area contributed by atoms with Crippen LogP contribution in [0, 0.1) is 11.8 Å². The molecule has 8 rings (SSSR count). The monoisotopic (exact) mass is 774 g/mol. The Bertz CT molecular complexity index is 2110. The predicted molar refractivity (Wildman–Crippen MR) is 217 cm³/mol. The molecule has 0 bridgehead atoms. The lowest BCUT2D eigenvalue weighted by Crippen LogP contribution is -2.46. The van der Waals surface area contributed by atoms with Crippen molar-refractivity contribution >= 4 is 34.8 Å². The fraction of sp³-hybridized carbons (Fsp3) is 0.489. The van der Waals surface area contributed by atoms with Crippen LogP contribution in [0.4, 0.5) is 17.1 Å². The molecule has 12 heteroatoms. The maximum Gasteiger partial charge on any atom is 0.264 e. The number of anilines is 3. The first-order chi connectivity index (χ1) is 27.5. The molecule has 3 amide bonds. The van der Waals surface area contributed by atoms with Crippen LogP contribution < -0.4 is 19.4 Å². The van der Waals surface area contributed by atoms with E-state index in [9.17, 15) is 14.7 Å². The number of amides is 3. The van der Waals surface area contributed by atoms with Gasteiger partial charge in [-0.25, -0.2) is 0 Å². The molecule has 1 spiro atoms. The lowest BCUT2D eigenvalue weighted by atomic mass is 9.63. The fourth-order valence-corrected chi connectivity index (χ4v) is 9.95. The average Bonchev–Trinajstić information content (AvgIpc) is 3.87. The number of aliphatic hydroxyl groups excluding tert-OH is 1. The Hall–Kier alpha value is -5.07. The van der Waals surface area contributed by atoms with Gasteiger partial charge in [0.15, 0.2) is 5.60 Å². The molecule has 5 heterocycles. The number of carbonyl (C=O) groups excluding carboxylic acids is 3. The number of aromatic nitrogens is 3. The lowest BCUT2D eigenvalue weighted by molar-refractivity contribution is -0.146. The second-order valence-electron chi connectivity index (χ2n) is 16.7. The van der Waals surface area contributed by atoms with Crippen molar-refractivity contribution in [2.75, 3.05) is 41.5 Å². The molecule has 12 nitrogen and oxygen atoms in total. The molecule has 3 fully saturated rings. The summed E-state index contributed by atoms with van der Waals surface area (Å²) >= 11 is 0. The zero-order valence-corrected chi connectivity index (χ0v) is 33.5. The minimum atomic E-state index is -1.33. The summed E-state index contributed by atoms with van der Waals surface area (Å²) in [7, 11) is 1.66. The minimum absolute atomic E-state index is 0.00607. The molecule has 0 saturated carbocycles. The molecule has 3 saturated heterocycles. The van der Waals surface area contributed by atoms with Crippen LogP contribution in [0.2, 0.25) is 0 Å². The molecule has 4 aromatic rings. The van der Waals surface area contributed by atoms with Gasteiger partial charge in [0.25, 0.3) is 5.91 Å². The number of carbonyl (C=O) groups is 3. The molecule has 1 N–H and O–H groups in total. The smallest absolute Gasteiger partial charge is 0.264 e. The van der Waals surface area contributed by atoms with E-state index >= 15 is 4.79 Å². The van der Waals surface area contributed by atoms with Gasteiger partial charge in [-0.05, 0) is 91.1 Å². The molecule has 1 aromatic heterocycles. The molecule has 4 atom stereocenters. The fourth-order valence-electron chi connectivity index (χ4n) is 9.95. The molecule has 4 aliphatic heterocycles. The van der Waals surface area contributed by atoms with Gasteiger partial charge < -0.3 is 29.3 Å². The largest absolute Gasteiger partial charge is 0.497 e. The van der Waals surface area contributed by atoms with Crippen molar-refractivity contribution in [3.05, 3.63) is 95.3 Å². The van der Waals surface area contributed by atoms with Crippen LogP contribution in [0.3, 0.4) is 0 Å². The second-order valence-corrected chi connectivity index (χ2v) is 16.7. The van der Waals surface area contributed by atoms with E-state index < -0.39 is 11.0 Å². The molecule has 57 heavy (non-hydrogen) atoms.